The van der Waals surface area contributed by atoms with E-state index in [1.807, 2.05) is 0 Å². The average Bonchev–Trinajstić information content (AvgIpc) is 2.33. The van der Waals surface area contributed by atoms with E-state index in [9.17, 15) is 4.79 Å². The highest BCUT2D eigenvalue weighted by atomic mass is 35.5. The van der Waals surface area contributed by atoms with Gasteiger partial charge in [0.25, 0.3) is 5.91 Å². The van der Waals surface area contributed by atoms with Crippen LogP contribution in [-0.4, -0.2) is 42.2 Å². The van der Waals surface area contributed by atoms with E-state index in [4.69, 9.17) is 22.1 Å². The highest BCUT2D eigenvalue weighted by Crippen LogP contribution is 2.16. The highest BCUT2D eigenvalue weighted by molar-refractivity contribution is 6.33. The minimum Gasteiger partial charge on any atom is -0.384 e. The van der Waals surface area contributed by atoms with Crippen LogP contribution in [0.15, 0.2) is 12.3 Å². The number of hydrazine groups is 1. The van der Waals surface area contributed by atoms with Gasteiger partial charge in [0, 0.05) is 19.3 Å². The molecule has 92 valence electrons. The number of aromatic nitrogens is 1. The smallest absolute Gasteiger partial charge is 0.267 e. The zero-order chi connectivity index (χ0) is 12.3. The third-order valence-electron chi connectivity index (χ3n) is 2.39. The molecule has 0 aromatic carbocycles. The SMILES string of the molecule is Nc1cc(C(=O)NN2CCOCC2)c(Cl)cn1. The molecule has 2 rings (SSSR count). The summed E-state index contributed by atoms with van der Waals surface area (Å²) in [6.45, 7) is 2.52. The van der Waals surface area contributed by atoms with Gasteiger partial charge in [-0.05, 0) is 6.07 Å². The van der Waals surface area contributed by atoms with Crippen molar-refractivity contribution in [2.45, 2.75) is 0 Å². The number of anilines is 1. The third kappa shape index (κ3) is 3.06. The lowest BCUT2D eigenvalue weighted by atomic mass is 10.2. The van der Waals surface area contributed by atoms with E-state index in [1.54, 1.807) is 5.01 Å². The summed E-state index contributed by atoms with van der Waals surface area (Å²) in [5.74, 6) is -0.0208. The van der Waals surface area contributed by atoms with E-state index in [2.05, 4.69) is 10.4 Å². The lowest BCUT2D eigenvalue weighted by Crippen LogP contribution is -2.48. The van der Waals surface area contributed by atoms with Crippen molar-refractivity contribution in [1.29, 1.82) is 0 Å². The number of nitrogens with two attached hydrogens (primary N) is 1. The molecule has 1 saturated heterocycles. The van der Waals surface area contributed by atoms with Crippen molar-refractivity contribution >= 4 is 23.3 Å². The summed E-state index contributed by atoms with van der Waals surface area (Å²) in [7, 11) is 0. The van der Waals surface area contributed by atoms with Crippen molar-refractivity contribution in [3.63, 3.8) is 0 Å². The standard InChI is InChI=1S/C10H13ClN4O2/c11-8-6-13-9(12)5-7(8)10(16)14-15-1-3-17-4-2-15/h5-6H,1-4H2,(H2,12,13)(H,14,16). The zero-order valence-electron chi connectivity index (χ0n) is 9.15. The number of ether oxygens (including phenoxy) is 1. The van der Waals surface area contributed by atoms with Crippen LogP contribution in [0.3, 0.4) is 0 Å². The Morgan fingerprint density at radius 3 is 2.94 bits per heavy atom. The van der Waals surface area contributed by atoms with E-state index in [0.29, 0.717) is 31.9 Å². The van der Waals surface area contributed by atoms with Crippen LogP contribution < -0.4 is 11.2 Å². The second-order valence-corrected chi connectivity index (χ2v) is 4.04. The molecule has 1 amide bonds. The number of pyridine rings is 1. The first kappa shape index (κ1) is 12.1. The Balaban J connectivity index is 2.05. The van der Waals surface area contributed by atoms with Gasteiger partial charge in [0.15, 0.2) is 0 Å². The summed E-state index contributed by atoms with van der Waals surface area (Å²) >= 11 is 5.89. The number of halogens is 1. The summed E-state index contributed by atoms with van der Waals surface area (Å²) in [6, 6.07) is 1.46. The van der Waals surface area contributed by atoms with Crippen LogP contribution in [0, 0.1) is 0 Å². The van der Waals surface area contributed by atoms with Gasteiger partial charge in [-0.25, -0.2) is 9.99 Å². The second kappa shape index (κ2) is 5.31. The molecule has 17 heavy (non-hydrogen) atoms. The maximum absolute atomic E-state index is 11.9. The van der Waals surface area contributed by atoms with Crippen molar-refractivity contribution in [2.75, 3.05) is 32.0 Å². The molecule has 1 aromatic heterocycles. The molecule has 0 spiro atoms. The molecule has 0 aliphatic carbocycles. The average molecular weight is 257 g/mol. The van der Waals surface area contributed by atoms with Crippen molar-refractivity contribution < 1.29 is 9.53 Å². The fourth-order valence-corrected chi connectivity index (χ4v) is 1.70. The van der Waals surface area contributed by atoms with E-state index in [1.165, 1.54) is 12.3 Å². The second-order valence-electron chi connectivity index (χ2n) is 3.63. The number of morpholine rings is 1. The topological polar surface area (TPSA) is 80.5 Å². The van der Waals surface area contributed by atoms with Crippen LogP contribution in [-0.2, 0) is 4.74 Å². The number of hydrogen-bond acceptors (Lipinski definition) is 5. The lowest BCUT2D eigenvalue weighted by molar-refractivity contribution is 0.0126. The molecule has 0 saturated carbocycles. The van der Waals surface area contributed by atoms with Crippen molar-refractivity contribution in [2.24, 2.45) is 0 Å². The van der Waals surface area contributed by atoms with Gasteiger partial charge >= 0.3 is 0 Å². The van der Waals surface area contributed by atoms with Gasteiger partial charge < -0.3 is 10.5 Å². The van der Waals surface area contributed by atoms with Gasteiger partial charge in [-0.1, -0.05) is 11.6 Å². The highest BCUT2D eigenvalue weighted by Gasteiger charge is 2.16. The molecule has 1 aliphatic heterocycles. The molecule has 6 nitrogen and oxygen atoms in total. The van der Waals surface area contributed by atoms with Gasteiger partial charge in [-0.2, -0.15) is 0 Å². The number of hydrogen-bond donors (Lipinski definition) is 2. The number of amides is 1. The monoisotopic (exact) mass is 256 g/mol. The van der Waals surface area contributed by atoms with Crippen LogP contribution in [0.1, 0.15) is 10.4 Å². The Morgan fingerprint density at radius 1 is 1.53 bits per heavy atom. The molecule has 0 radical (unpaired) electrons. The van der Waals surface area contributed by atoms with Gasteiger partial charge in [-0.15, -0.1) is 0 Å². The first-order valence-corrected chi connectivity index (χ1v) is 5.59. The maximum atomic E-state index is 11.9. The summed E-state index contributed by atoms with van der Waals surface area (Å²) in [4.78, 5) is 15.7. The quantitative estimate of drug-likeness (QED) is 0.795. The minimum atomic E-state index is -0.286. The van der Waals surface area contributed by atoms with E-state index in [0.717, 1.165) is 0 Å². The number of carbonyl (C=O) groups is 1. The fourth-order valence-electron chi connectivity index (χ4n) is 1.51. The molecule has 3 N–H and O–H groups in total. The van der Waals surface area contributed by atoms with Gasteiger partial charge in [0.2, 0.25) is 0 Å². The Labute approximate surface area is 104 Å². The van der Waals surface area contributed by atoms with E-state index < -0.39 is 0 Å². The predicted molar refractivity (Wildman–Crippen MR) is 63.5 cm³/mol. The molecule has 2 heterocycles. The molecule has 1 aromatic rings. The fraction of sp³-hybridized carbons (Fsp3) is 0.400. The minimum absolute atomic E-state index is 0.265. The number of nitrogens with zero attached hydrogens (tertiary/aromatic N) is 2. The molecule has 7 heteroatoms. The van der Waals surface area contributed by atoms with Crippen LogP contribution in [0.2, 0.25) is 5.02 Å². The summed E-state index contributed by atoms with van der Waals surface area (Å²) in [6.07, 6.45) is 1.37. The molecule has 1 fully saturated rings. The van der Waals surface area contributed by atoms with Gasteiger partial charge in [-0.3, -0.25) is 10.2 Å². The third-order valence-corrected chi connectivity index (χ3v) is 2.69. The van der Waals surface area contributed by atoms with E-state index >= 15 is 0 Å². The predicted octanol–water partition coefficient (Wildman–Crippen LogP) is 0.294. The maximum Gasteiger partial charge on any atom is 0.267 e. The first-order chi connectivity index (χ1) is 8.16. The molecule has 0 atom stereocenters. The van der Waals surface area contributed by atoms with Crippen LogP contribution in [0.25, 0.3) is 0 Å². The molecular formula is C10H13ClN4O2. The number of nitrogens with one attached hydrogen (secondary N) is 1. The molecule has 0 unspecified atom stereocenters. The number of carbonyl (C=O) groups excluding carboxylic acids is 1. The van der Waals surface area contributed by atoms with Crippen molar-refractivity contribution in [3.8, 4) is 0 Å². The Hall–Kier alpha value is -1.37. The van der Waals surface area contributed by atoms with Crippen molar-refractivity contribution in [1.82, 2.24) is 15.4 Å². The molecular weight excluding hydrogens is 244 g/mol. The Morgan fingerprint density at radius 2 is 2.24 bits per heavy atom. The molecule has 1 aliphatic rings. The zero-order valence-corrected chi connectivity index (χ0v) is 9.91. The van der Waals surface area contributed by atoms with Crippen molar-refractivity contribution in [3.05, 3.63) is 22.8 Å². The summed E-state index contributed by atoms with van der Waals surface area (Å²) in [5, 5.41) is 2.07. The Bertz CT molecular complexity index is 421. The Kier molecular flexibility index (Phi) is 3.78. The van der Waals surface area contributed by atoms with Gasteiger partial charge in [0.1, 0.15) is 5.82 Å². The first-order valence-electron chi connectivity index (χ1n) is 5.21. The summed E-state index contributed by atoms with van der Waals surface area (Å²) < 4.78 is 5.18. The molecule has 0 bridgehead atoms. The largest absolute Gasteiger partial charge is 0.384 e. The number of rotatable bonds is 2. The lowest BCUT2D eigenvalue weighted by Gasteiger charge is -2.27. The van der Waals surface area contributed by atoms with Crippen LogP contribution in [0.4, 0.5) is 5.82 Å². The van der Waals surface area contributed by atoms with E-state index in [-0.39, 0.29) is 16.7 Å². The van der Waals surface area contributed by atoms with Crippen LogP contribution in [0.5, 0.6) is 0 Å². The number of nitrogen functional groups attached to an aromatic ring is 1. The van der Waals surface area contributed by atoms with Gasteiger partial charge in [0.05, 0.1) is 23.8 Å². The summed E-state index contributed by atoms with van der Waals surface area (Å²) in [5.41, 5.74) is 8.59. The normalized spacial score (nSPS) is 16.8. The van der Waals surface area contributed by atoms with Crippen LogP contribution >= 0.6 is 11.6 Å².